The van der Waals surface area contributed by atoms with E-state index in [9.17, 15) is 9.59 Å². The Balaban J connectivity index is 2.74. The molecule has 62 valence electrons. The van der Waals surface area contributed by atoms with Crippen LogP contribution in [0.1, 0.15) is 13.8 Å². The Bertz CT molecular complexity index is 202. The van der Waals surface area contributed by atoms with Gasteiger partial charge in [0, 0.05) is 5.92 Å². The number of amides is 1. The van der Waals surface area contributed by atoms with Crippen LogP contribution in [0.2, 0.25) is 0 Å². The van der Waals surface area contributed by atoms with Crippen molar-refractivity contribution in [1.82, 2.24) is 5.32 Å². The van der Waals surface area contributed by atoms with Crippen molar-refractivity contribution in [2.75, 3.05) is 0 Å². The first-order valence-corrected chi connectivity index (χ1v) is 3.57. The van der Waals surface area contributed by atoms with Crippen LogP contribution in [0.5, 0.6) is 0 Å². The molecule has 3 atom stereocenters. The summed E-state index contributed by atoms with van der Waals surface area (Å²) in [5.41, 5.74) is 0. The first kappa shape index (κ1) is 8.04. The van der Waals surface area contributed by atoms with Gasteiger partial charge in [0.1, 0.15) is 6.04 Å². The second kappa shape index (κ2) is 2.53. The quantitative estimate of drug-likeness (QED) is 0.556. The molecule has 1 rings (SSSR count). The van der Waals surface area contributed by atoms with Gasteiger partial charge in [0.2, 0.25) is 5.91 Å². The molecule has 0 unspecified atom stereocenters. The maximum atomic E-state index is 10.9. The molecule has 0 aliphatic carbocycles. The third kappa shape index (κ3) is 1.20. The van der Waals surface area contributed by atoms with Gasteiger partial charge in [-0.3, -0.25) is 4.79 Å². The molecule has 1 amide bonds. The van der Waals surface area contributed by atoms with Crippen LogP contribution in [0.4, 0.5) is 0 Å². The Morgan fingerprint density at radius 3 is 2.27 bits per heavy atom. The number of nitrogens with one attached hydrogen (secondary N) is 1. The topological polar surface area (TPSA) is 66.4 Å². The van der Waals surface area contributed by atoms with Crippen LogP contribution in [-0.4, -0.2) is 23.0 Å². The predicted molar refractivity (Wildman–Crippen MR) is 37.9 cm³/mol. The minimum absolute atomic E-state index is 0.111. The fourth-order valence-corrected chi connectivity index (χ4v) is 1.23. The van der Waals surface area contributed by atoms with E-state index in [0.29, 0.717) is 0 Å². The fraction of sp³-hybridized carbons (Fsp3) is 0.714. The molecule has 1 aliphatic heterocycles. The zero-order valence-corrected chi connectivity index (χ0v) is 6.50. The SMILES string of the molecule is C[C@H]1[C@H](C)C(=O)N[C@@H]1C(=O)O. The van der Waals surface area contributed by atoms with E-state index in [2.05, 4.69) is 5.32 Å². The van der Waals surface area contributed by atoms with Crippen molar-refractivity contribution < 1.29 is 14.7 Å². The molecule has 0 saturated carbocycles. The number of carbonyl (C=O) groups is 2. The third-order valence-corrected chi connectivity index (χ3v) is 2.29. The Kier molecular flexibility index (Phi) is 1.85. The standard InChI is InChI=1S/C7H11NO3/c1-3-4(2)6(9)8-5(3)7(10)11/h3-5H,1-2H3,(H,8,9)(H,10,11)/t3-,4-,5-/m0/s1. The summed E-state index contributed by atoms with van der Waals surface area (Å²) in [4.78, 5) is 21.4. The van der Waals surface area contributed by atoms with Crippen molar-refractivity contribution >= 4 is 11.9 Å². The minimum atomic E-state index is -0.949. The summed E-state index contributed by atoms with van der Waals surface area (Å²) in [5.74, 6) is -1.41. The van der Waals surface area contributed by atoms with E-state index in [4.69, 9.17) is 5.11 Å². The van der Waals surface area contributed by atoms with Gasteiger partial charge in [-0.1, -0.05) is 13.8 Å². The summed E-state index contributed by atoms with van der Waals surface area (Å²) < 4.78 is 0. The van der Waals surface area contributed by atoms with Gasteiger partial charge in [0.25, 0.3) is 0 Å². The van der Waals surface area contributed by atoms with E-state index in [1.54, 1.807) is 13.8 Å². The van der Waals surface area contributed by atoms with Crippen molar-refractivity contribution in [1.29, 1.82) is 0 Å². The van der Waals surface area contributed by atoms with Crippen LogP contribution in [0.25, 0.3) is 0 Å². The van der Waals surface area contributed by atoms with Crippen LogP contribution in [0.15, 0.2) is 0 Å². The molecule has 1 fully saturated rings. The van der Waals surface area contributed by atoms with Crippen molar-refractivity contribution in [3.05, 3.63) is 0 Å². The normalized spacial score (nSPS) is 36.9. The zero-order chi connectivity index (χ0) is 8.59. The maximum absolute atomic E-state index is 10.9. The first-order chi connectivity index (χ1) is 5.04. The fourth-order valence-electron chi connectivity index (χ4n) is 1.23. The molecule has 1 aliphatic rings. The van der Waals surface area contributed by atoms with Gasteiger partial charge >= 0.3 is 5.97 Å². The highest BCUT2D eigenvalue weighted by Crippen LogP contribution is 2.22. The molecule has 0 aromatic rings. The highest BCUT2D eigenvalue weighted by Gasteiger charge is 2.40. The van der Waals surface area contributed by atoms with E-state index in [1.807, 2.05) is 0 Å². The summed E-state index contributed by atoms with van der Waals surface area (Å²) in [5, 5.41) is 11.0. The lowest BCUT2D eigenvalue weighted by atomic mass is 9.94. The second-order valence-corrected chi connectivity index (χ2v) is 2.97. The Hall–Kier alpha value is -1.06. The average molecular weight is 157 g/mol. The Morgan fingerprint density at radius 2 is 2.09 bits per heavy atom. The van der Waals surface area contributed by atoms with Crippen molar-refractivity contribution in [3.8, 4) is 0 Å². The minimum Gasteiger partial charge on any atom is -0.480 e. The van der Waals surface area contributed by atoms with Crippen molar-refractivity contribution in [3.63, 3.8) is 0 Å². The van der Waals surface area contributed by atoms with E-state index in [-0.39, 0.29) is 17.7 Å². The molecule has 0 spiro atoms. The summed E-state index contributed by atoms with van der Waals surface area (Å²) >= 11 is 0. The van der Waals surface area contributed by atoms with Gasteiger partial charge < -0.3 is 10.4 Å². The number of carboxylic acids is 1. The van der Waals surface area contributed by atoms with Gasteiger partial charge in [-0.2, -0.15) is 0 Å². The van der Waals surface area contributed by atoms with Gasteiger partial charge in [0.15, 0.2) is 0 Å². The highest BCUT2D eigenvalue weighted by atomic mass is 16.4. The summed E-state index contributed by atoms with van der Waals surface area (Å²) in [6.45, 7) is 3.50. The summed E-state index contributed by atoms with van der Waals surface area (Å²) in [6, 6.07) is -0.697. The molecule has 0 radical (unpaired) electrons. The second-order valence-electron chi connectivity index (χ2n) is 2.97. The molecule has 1 heterocycles. The largest absolute Gasteiger partial charge is 0.480 e. The molecule has 0 aromatic carbocycles. The van der Waals surface area contributed by atoms with E-state index in [0.717, 1.165) is 0 Å². The van der Waals surface area contributed by atoms with Gasteiger partial charge in [0.05, 0.1) is 0 Å². The monoisotopic (exact) mass is 157 g/mol. The highest BCUT2D eigenvalue weighted by molar-refractivity contribution is 5.89. The summed E-state index contributed by atoms with van der Waals surface area (Å²) in [7, 11) is 0. The number of carboxylic acid groups (broad SMARTS) is 1. The lowest BCUT2D eigenvalue weighted by Crippen LogP contribution is -2.35. The molecule has 4 heteroatoms. The van der Waals surface area contributed by atoms with Gasteiger partial charge in [-0.05, 0) is 5.92 Å². The molecule has 2 N–H and O–H groups in total. The van der Waals surface area contributed by atoms with Crippen LogP contribution in [0, 0.1) is 11.8 Å². The molecular weight excluding hydrogens is 146 g/mol. The number of hydrogen-bond donors (Lipinski definition) is 2. The lowest BCUT2D eigenvalue weighted by molar-refractivity contribution is -0.140. The molecule has 0 bridgehead atoms. The van der Waals surface area contributed by atoms with E-state index >= 15 is 0 Å². The van der Waals surface area contributed by atoms with Gasteiger partial charge in [-0.25, -0.2) is 4.79 Å². The van der Waals surface area contributed by atoms with E-state index in [1.165, 1.54) is 0 Å². The van der Waals surface area contributed by atoms with Crippen LogP contribution in [-0.2, 0) is 9.59 Å². The first-order valence-electron chi connectivity index (χ1n) is 3.57. The maximum Gasteiger partial charge on any atom is 0.326 e. The number of rotatable bonds is 1. The molecule has 4 nitrogen and oxygen atoms in total. The smallest absolute Gasteiger partial charge is 0.326 e. The molecule has 0 aromatic heterocycles. The summed E-state index contributed by atoms with van der Waals surface area (Å²) in [6.07, 6.45) is 0. The van der Waals surface area contributed by atoms with Crippen molar-refractivity contribution in [2.24, 2.45) is 11.8 Å². The number of aliphatic carboxylic acids is 1. The van der Waals surface area contributed by atoms with E-state index < -0.39 is 12.0 Å². The average Bonchev–Trinajstić information content (AvgIpc) is 2.17. The number of carbonyl (C=O) groups excluding carboxylic acids is 1. The zero-order valence-electron chi connectivity index (χ0n) is 6.50. The number of hydrogen-bond acceptors (Lipinski definition) is 2. The third-order valence-electron chi connectivity index (χ3n) is 2.29. The lowest BCUT2D eigenvalue weighted by Gasteiger charge is -2.10. The molecule has 1 saturated heterocycles. The molecular formula is C7H11NO3. The molecule has 11 heavy (non-hydrogen) atoms. The predicted octanol–water partition coefficient (Wildman–Crippen LogP) is -0.158. The van der Waals surface area contributed by atoms with Gasteiger partial charge in [-0.15, -0.1) is 0 Å². The van der Waals surface area contributed by atoms with Crippen LogP contribution >= 0.6 is 0 Å². The van der Waals surface area contributed by atoms with Crippen LogP contribution in [0.3, 0.4) is 0 Å². The Morgan fingerprint density at radius 1 is 1.55 bits per heavy atom. The van der Waals surface area contributed by atoms with Crippen molar-refractivity contribution in [2.45, 2.75) is 19.9 Å². The van der Waals surface area contributed by atoms with Crippen LogP contribution < -0.4 is 5.32 Å². The Labute approximate surface area is 64.6 Å².